The van der Waals surface area contributed by atoms with Crippen molar-refractivity contribution in [2.45, 2.75) is 6.92 Å². The Morgan fingerprint density at radius 3 is 2.87 bits per heavy atom. The van der Waals surface area contributed by atoms with E-state index in [1.165, 1.54) is 0 Å². The van der Waals surface area contributed by atoms with Crippen molar-refractivity contribution in [3.05, 3.63) is 24.4 Å². The first-order valence-corrected chi connectivity index (χ1v) is 4.79. The van der Waals surface area contributed by atoms with Crippen LogP contribution in [0.4, 0.5) is 11.4 Å². The summed E-state index contributed by atoms with van der Waals surface area (Å²) in [7, 11) is 0. The van der Waals surface area contributed by atoms with Crippen LogP contribution < -0.4 is 16.2 Å². The number of anilines is 2. The summed E-state index contributed by atoms with van der Waals surface area (Å²) in [6.45, 7) is 2.46. The molecule has 0 spiro atoms. The summed E-state index contributed by atoms with van der Waals surface area (Å²) in [4.78, 5) is 4.24. The fourth-order valence-electron chi connectivity index (χ4n) is 1.56. The van der Waals surface area contributed by atoms with Gasteiger partial charge in [-0.2, -0.15) is 0 Å². The lowest BCUT2D eigenvalue weighted by atomic mass is 10.1. The lowest BCUT2D eigenvalue weighted by Crippen LogP contribution is -2.00. The Bertz CT molecular complexity index is 496. The zero-order chi connectivity index (χ0) is 10.8. The molecule has 0 fully saturated rings. The van der Waals surface area contributed by atoms with E-state index in [-0.39, 0.29) is 0 Å². The van der Waals surface area contributed by atoms with Gasteiger partial charge < -0.3 is 16.2 Å². The number of pyridine rings is 1. The van der Waals surface area contributed by atoms with E-state index in [2.05, 4.69) is 4.98 Å². The van der Waals surface area contributed by atoms with Crippen LogP contribution in [0.5, 0.6) is 5.75 Å². The normalized spacial score (nSPS) is 10.5. The van der Waals surface area contributed by atoms with Gasteiger partial charge in [0.15, 0.2) is 5.75 Å². The molecule has 1 aromatic heterocycles. The van der Waals surface area contributed by atoms with E-state index in [4.69, 9.17) is 16.2 Å². The maximum atomic E-state index is 5.85. The fraction of sp³-hybridized carbons (Fsp3) is 0.182. The summed E-state index contributed by atoms with van der Waals surface area (Å²) in [5, 5.41) is 0.871. The van der Waals surface area contributed by atoms with E-state index in [0.29, 0.717) is 23.7 Å². The van der Waals surface area contributed by atoms with E-state index >= 15 is 0 Å². The summed E-state index contributed by atoms with van der Waals surface area (Å²) < 4.78 is 5.46. The predicted octanol–water partition coefficient (Wildman–Crippen LogP) is 1.80. The Morgan fingerprint density at radius 2 is 2.13 bits per heavy atom. The Balaban J connectivity index is 2.77. The maximum Gasteiger partial charge on any atom is 0.168 e. The van der Waals surface area contributed by atoms with Gasteiger partial charge in [-0.15, -0.1) is 0 Å². The monoisotopic (exact) mass is 203 g/mol. The first-order chi connectivity index (χ1) is 7.24. The van der Waals surface area contributed by atoms with Crippen LogP contribution in [0.25, 0.3) is 10.9 Å². The molecule has 0 aliphatic rings. The first kappa shape index (κ1) is 9.58. The Hall–Kier alpha value is -1.97. The minimum Gasteiger partial charge on any atom is -0.489 e. The third-order valence-electron chi connectivity index (χ3n) is 2.20. The summed E-state index contributed by atoms with van der Waals surface area (Å²) in [6, 6.07) is 5.44. The molecule has 0 bridgehead atoms. The molecule has 0 aliphatic heterocycles. The van der Waals surface area contributed by atoms with Crippen LogP contribution >= 0.6 is 0 Å². The average Bonchev–Trinajstić information content (AvgIpc) is 2.24. The van der Waals surface area contributed by atoms with Gasteiger partial charge in [-0.25, -0.2) is 0 Å². The van der Waals surface area contributed by atoms with Gasteiger partial charge in [0.2, 0.25) is 0 Å². The molecule has 0 saturated heterocycles. The van der Waals surface area contributed by atoms with Crippen molar-refractivity contribution in [2.24, 2.45) is 0 Å². The molecule has 2 rings (SSSR count). The Kier molecular flexibility index (Phi) is 2.33. The molecule has 0 amide bonds. The molecule has 1 heterocycles. The summed E-state index contributed by atoms with van der Waals surface area (Å²) in [5.74, 6) is 0.613. The number of hydrogen-bond acceptors (Lipinski definition) is 4. The second-order valence-electron chi connectivity index (χ2n) is 3.22. The Labute approximate surface area is 87.9 Å². The molecule has 78 valence electrons. The molecular formula is C11H13N3O. The lowest BCUT2D eigenvalue weighted by molar-refractivity contribution is 0.345. The van der Waals surface area contributed by atoms with Crippen molar-refractivity contribution < 1.29 is 4.74 Å². The molecular weight excluding hydrogens is 190 g/mol. The average molecular weight is 203 g/mol. The first-order valence-electron chi connectivity index (χ1n) is 4.79. The van der Waals surface area contributed by atoms with Gasteiger partial charge in [-0.3, -0.25) is 4.98 Å². The van der Waals surface area contributed by atoms with Crippen LogP contribution in [0.1, 0.15) is 6.92 Å². The smallest absolute Gasteiger partial charge is 0.168 e. The highest BCUT2D eigenvalue weighted by molar-refractivity contribution is 5.98. The number of rotatable bonds is 2. The second-order valence-corrected chi connectivity index (χ2v) is 3.22. The number of nitrogen functional groups attached to an aromatic ring is 2. The van der Waals surface area contributed by atoms with Gasteiger partial charge in [-0.1, -0.05) is 0 Å². The van der Waals surface area contributed by atoms with Gasteiger partial charge in [-0.05, 0) is 25.1 Å². The molecule has 0 radical (unpaired) electrons. The van der Waals surface area contributed by atoms with Crippen molar-refractivity contribution in [1.29, 1.82) is 0 Å². The van der Waals surface area contributed by atoms with E-state index in [9.17, 15) is 0 Å². The number of fused-ring (bicyclic) bond motifs is 1. The zero-order valence-corrected chi connectivity index (χ0v) is 8.53. The van der Waals surface area contributed by atoms with E-state index < -0.39 is 0 Å². The highest BCUT2D eigenvalue weighted by atomic mass is 16.5. The molecule has 2 aromatic rings. The minimum absolute atomic E-state index is 0.528. The predicted molar refractivity (Wildman–Crippen MR) is 61.7 cm³/mol. The quantitative estimate of drug-likeness (QED) is 0.730. The SMILES string of the molecule is CCOc1c(N)cc(N)c2cccnc12. The van der Waals surface area contributed by atoms with Crippen LogP contribution in [0, 0.1) is 0 Å². The number of hydrogen-bond donors (Lipinski definition) is 2. The molecule has 4 nitrogen and oxygen atoms in total. The zero-order valence-electron chi connectivity index (χ0n) is 8.53. The summed E-state index contributed by atoms with van der Waals surface area (Å²) >= 11 is 0. The second kappa shape index (κ2) is 3.65. The van der Waals surface area contributed by atoms with Gasteiger partial charge in [0.25, 0.3) is 0 Å². The van der Waals surface area contributed by atoms with Gasteiger partial charge in [0.1, 0.15) is 5.52 Å². The van der Waals surface area contributed by atoms with Crippen molar-refractivity contribution >= 4 is 22.3 Å². The number of ether oxygens (including phenoxy) is 1. The van der Waals surface area contributed by atoms with Crippen LogP contribution in [-0.4, -0.2) is 11.6 Å². The van der Waals surface area contributed by atoms with Gasteiger partial charge in [0.05, 0.1) is 12.3 Å². The molecule has 4 heteroatoms. The molecule has 15 heavy (non-hydrogen) atoms. The van der Waals surface area contributed by atoms with Crippen molar-refractivity contribution in [3.63, 3.8) is 0 Å². The molecule has 0 atom stereocenters. The van der Waals surface area contributed by atoms with Crippen LogP contribution in [0.15, 0.2) is 24.4 Å². The van der Waals surface area contributed by atoms with Crippen molar-refractivity contribution in [2.75, 3.05) is 18.1 Å². The molecule has 1 aromatic carbocycles. The summed E-state index contributed by atoms with van der Waals surface area (Å²) in [5.41, 5.74) is 13.5. The Morgan fingerprint density at radius 1 is 1.33 bits per heavy atom. The molecule has 0 aliphatic carbocycles. The van der Waals surface area contributed by atoms with Crippen molar-refractivity contribution in [1.82, 2.24) is 4.98 Å². The number of nitrogens with two attached hydrogens (primary N) is 2. The maximum absolute atomic E-state index is 5.85. The van der Waals surface area contributed by atoms with Gasteiger partial charge >= 0.3 is 0 Å². The third kappa shape index (κ3) is 1.54. The van der Waals surface area contributed by atoms with Crippen molar-refractivity contribution in [3.8, 4) is 5.75 Å². The lowest BCUT2D eigenvalue weighted by Gasteiger charge is -2.11. The number of aromatic nitrogens is 1. The highest BCUT2D eigenvalue weighted by Gasteiger charge is 2.10. The number of benzene rings is 1. The largest absolute Gasteiger partial charge is 0.489 e. The van der Waals surface area contributed by atoms with E-state index in [0.717, 1.165) is 10.9 Å². The number of nitrogens with zero attached hydrogens (tertiary/aromatic N) is 1. The van der Waals surface area contributed by atoms with Crippen LogP contribution in [0.3, 0.4) is 0 Å². The third-order valence-corrected chi connectivity index (χ3v) is 2.20. The van der Waals surface area contributed by atoms with Crippen LogP contribution in [-0.2, 0) is 0 Å². The van der Waals surface area contributed by atoms with E-state index in [1.807, 2.05) is 19.1 Å². The van der Waals surface area contributed by atoms with Crippen LogP contribution in [0.2, 0.25) is 0 Å². The molecule has 0 saturated carbocycles. The molecule has 0 unspecified atom stereocenters. The topological polar surface area (TPSA) is 74.2 Å². The fourth-order valence-corrected chi connectivity index (χ4v) is 1.56. The molecule has 4 N–H and O–H groups in total. The van der Waals surface area contributed by atoms with Gasteiger partial charge in [0, 0.05) is 17.3 Å². The minimum atomic E-state index is 0.528. The standard InChI is InChI=1S/C11H13N3O/c1-2-15-11-9(13)6-8(12)7-4-3-5-14-10(7)11/h3-6H,2,12-13H2,1H3. The highest BCUT2D eigenvalue weighted by Crippen LogP contribution is 2.34. The summed E-state index contributed by atoms with van der Waals surface area (Å²) in [6.07, 6.45) is 1.70. The van der Waals surface area contributed by atoms with E-state index in [1.54, 1.807) is 12.3 Å².